The molecule has 1 fully saturated rings. The molecule has 3 amide bonds. The Hall–Kier alpha value is -3.06. The number of carbonyl (C=O) groups excluding carboxylic acids is 3. The summed E-state index contributed by atoms with van der Waals surface area (Å²) in [7, 11) is 0. The zero-order chi connectivity index (χ0) is 26.6. The molecule has 192 valence electrons. The fraction of sp³-hybridized carbons (Fsp3) is 0.154. The van der Waals surface area contributed by atoms with Crippen LogP contribution in [0.4, 0.5) is 15.8 Å². The number of imide groups is 1. The summed E-state index contributed by atoms with van der Waals surface area (Å²) in [4.78, 5) is 55.8. The van der Waals surface area contributed by atoms with Crippen molar-refractivity contribution in [1.82, 2.24) is 4.57 Å². The number of halogens is 2. The van der Waals surface area contributed by atoms with Crippen molar-refractivity contribution < 1.29 is 18.8 Å². The van der Waals surface area contributed by atoms with Crippen LogP contribution < -0.4 is 15.1 Å². The van der Waals surface area contributed by atoms with Crippen LogP contribution in [0.1, 0.15) is 15.7 Å². The number of anilines is 2. The van der Waals surface area contributed by atoms with Crippen molar-refractivity contribution in [2.75, 3.05) is 10.2 Å². The third-order valence-corrected chi connectivity index (χ3v) is 10.5. The molecule has 1 saturated heterocycles. The molecule has 4 aromatic rings. The Kier molecular flexibility index (Phi) is 6.58. The Bertz CT molecular complexity index is 1620. The Morgan fingerprint density at radius 1 is 1.00 bits per heavy atom. The van der Waals surface area contributed by atoms with E-state index in [-0.39, 0.29) is 23.2 Å². The number of fused-ring (bicyclic) bond motifs is 2. The Morgan fingerprint density at radius 2 is 1.74 bits per heavy atom. The van der Waals surface area contributed by atoms with E-state index in [1.54, 1.807) is 24.3 Å². The maximum absolute atomic E-state index is 13.8. The summed E-state index contributed by atoms with van der Waals surface area (Å²) in [5.41, 5.74) is 0.891. The summed E-state index contributed by atoms with van der Waals surface area (Å²) in [6, 6.07) is 16.1. The molecule has 3 atom stereocenters. The zero-order valence-electron chi connectivity index (χ0n) is 19.3. The third-order valence-electron chi connectivity index (χ3n) is 6.41. The van der Waals surface area contributed by atoms with E-state index in [0.29, 0.717) is 21.3 Å². The average molecular weight is 631 g/mol. The number of hydrogen-bond donors (Lipinski definition) is 1. The summed E-state index contributed by atoms with van der Waals surface area (Å²) in [6.07, 6.45) is 0. The van der Waals surface area contributed by atoms with Gasteiger partial charge in [-0.2, -0.15) is 0 Å². The van der Waals surface area contributed by atoms with E-state index < -0.39 is 28.8 Å². The Labute approximate surface area is 236 Å². The number of aromatic nitrogens is 1. The highest BCUT2D eigenvalue weighted by Gasteiger charge is 2.57. The molecular formula is C26H17BrFN3O4S3. The van der Waals surface area contributed by atoms with Crippen molar-refractivity contribution in [3.05, 3.63) is 95.8 Å². The van der Waals surface area contributed by atoms with Crippen LogP contribution in [0.5, 0.6) is 0 Å². The molecule has 0 spiro atoms. The highest BCUT2D eigenvalue weighted by molar-refractivity contribution is 9.10. The lowest BCUT2D eigenvalue weighted by molar-refractivity contribution is -0.122. The van der Waals surface area contributed by atoms with Gasteiger partial charge in [-0.25, -0.2) is 9.29 Å². The minimum absolute atomic E-state index is 0.276. The van der Waals surface area contributed by atoms with E-state index in [4.69, 9.17) is 0 Å². The second kappa shape index (κ2) is 9.92. The number of amides is 3. The third kappa shape index (κ3) is 4.35. The van der Waals surface area contributed by atoms with Crippen molar-refractivity contribution >= 4 is 79.5 Å². The SMILES string of the molecule is O=C(Cn1c2c(sc1=O)[C@@H](c1cccs1)[C@@H]1C(=O)N(c3ccc(Br)cc3)C(=O)[C@@H]1S2)Nc1ccc(F)cc1. The minimum atomic E-state index is -0.744. The molecule has 0 saturated carbocycles. The van der Waals surface area contributed by atoms with Crippen LogP contribution >= 0.6 is 50.4 Å². The number of hydrogen-bond acceptors (Lipinski definition) is 7. The normalized spacial score (nSPS) is 20.4. The van der Waals surface area contributed by atoms with Crippen LogP contribution in [0.2, 0.25) is 0 Å². The van der Waals surface area contributed by atoms with Gasteiger partial charge in [0.2, 0.25) is 17.7 Å². The molecule has 7 nitrogen and oxygen atoms in total. The first kappa shape index (κ1) is 25.2. The quantitative estimate of drug-likeness (QED) is 0.302. The van der Waals surface area contributed by atoms with E-state index >= 15 is 0 Å². The second-order valence-electron chi connectivity index (χ2n) is 8.72. The number of thioether (sulfide) groups is 1. The van der Waals surface area contributed by atoms with E-state index in [1.165, 1.54) is 56.8 Å². The van der Waals surface area contributed by atoms with Gasteiger partial charge in [0.05, 0.1) is 16.6 Å². The number of nitrogens with one attached hydrogen (secondary N) is 1. The molecule has 1 N–H and O–H groups in total. The number of benzene rings is 2. The van der Waals surface area contributed by atoms with Gasteiger partial charge in [0.1, 0.15) is 17.6 Å². The van der Waals surface area contributed by atoms with Crippen molar-refractivity contribution in [3.8, 4) is 0 Å². The summed E-state index contributed by atoms with van der Waals surface area (Å²) < 4.78 is 15.4. The standard InChI is InChI=1S/C26H17BrFN3O4S3/c27-13-3-9-16(10-4-13)31-23(33)20-19(17-2-1-11-36-17)22-25(37-21(20)24(31)34)30(26(35)38-22)12-18(32)29-15-7-5-14(28)6-8-15/h1-11,19-21H,12H2,(H,29,32)/t19-,20-,21+/m0/s1. The van der Waals surface area contributed by atoms with E-state index in [1.807, 2.05) is 17.5 Å². The predicted octanol–water partition coefficient (Wildman–Crippen LogP) is 5.31. The molecular weight excluding hydrogens is 613 g/mol. The number of rotatable bonds is 5. The monoisotopic (exact) mass is 629 g/mol. The second-order valence-corrected chi connectivity index (χ2v) is 12.7. The fourth-order valence-electron chi connectivity index (χ4n) is 4.75. The molecule has 0 unspecified atom stereocenters. The van der Waals surface area contributed by atoms with Crippen LogP contribution in [0, 0.1) is 11.7 Å². The molecule has 0 bridgehead atoms. The highest BCUT2D eigenvalue weighted by Crippen LogP contribution is 2.54. The predicted molar refractivity (Wildman–Crippen MR) is 150 cm³/mol. The molecule has 12 heteroatoms. The van der Waals surface area contributed by atoms with Crippen LogP contribution in [0.15, 0.2) is 80.3 Å². The van der Waals surface area contributed by atoms with Crippen LogP contribution in [0.3, 0.4) is 0 Å². The van der Waals surface area contributed by atoms with Crippen molar-refractivity contribution in [2.45, 2.75) is 22.7 Å². The van der Waals surface area contributed by atoms with Crippen LogP contribution in [-0.2, 0) is 20.9 Å². The molecule has 2 aliphatic heterocycles. The molecule has 6 rings (SSSR count). The summed E-state index contributed by atoms with van der Waals surface area (Å²) in [5.74, 6) is -2.69. The van der Waals surface area contributed by atoms with Gasteiger partial charge in [0, 0.05) is 25.8 Å². The molecule has 2 aromatic carbocycles. The lowest BCUT2D eigenvalue weighted by atomic mass is 9.87. The smallest absolute Gasteiger partial charge is 0.308 e. The average Bonchev–Trinajstić information content (AvgIpc) is 3.59. The van der Waals surface area contributed by atoms with Gasteiger partial charge in [-0.1, -0.05) is 45.1 Å². The van der Waals surface area contributed by atoms with Gasteiger partial charge in [-0.3, -0.25) is 23.7 Å². The molecule has 2 aromatic heterocycles. The molecule has 4 heterocycles. The highest BCUT2D eigenvalue weighted by atomic mass is 79.9. The van der Waals surface area contributed by atoms with E-state index in [9.17, 15) is 23.6 Å². The lowest BCUT2D eigenvalue weighted by Crippen LogP contribution is -2.32. The number of thiazole rings is 1. The molecule has 38 heavy (non-hydrogen) atoms. The van der Waals surface area contributed by atoms with Gasteiger partial charge < -0.3 is 5.32 Å². The Balaban J connectivity index is 1.38. The number of thiophene rings is 1. The topological polar surface area (TPSA) is 88.5 Å². The molecule has 0 aliphatic carbocycles. The van der Waals surface area contributed by atoms with Gasteiger partial charge in [0.25, 0.3) is 0 Å². The minimum Gasteiger partial charge on any atom is -0.325 e. The maximum Gasteiger partial charge on any atom is 0.308 e. The number of nitrogens with zero attached hydrogens (tertiary/aromatic N) is 2. The van der Waals surface area contributed by atoms with Gasteiger partial charge in [-0.15, -0.1) is 11.3 Å². The first-order valence-electron chi connectivity index (χ1n) is 11.4. The van der Waals surface area contributed by atoms with E-state index in [0.717, 1.165) is 20.7 Å². The largest absolute Gasteiger partial charge is 0.325 e. The van der Waals surface area contributed by atoms with Gasteiger partial charge in [0.15, 0.2) is 0 Å². The van der Waals surface area contributed by atoms with Gasteiger partial charge in [-0.05, 0) is 60.0 Å². The summed E-state index contributed by atoms with van der Waals surface area (Å²) in [6.45, 7) is -0.276. The van der Waals surface area contributed by atoms with Crippen molar-refractivity contribution in [3.63, 3.8) is 0 Å². The first-order chi connectivity index (χ1) is 18.3. The molecule has 0 radical (unpaired) electrons. The fourth-order valence-corrected chi connectivity index (χ4v) is 8.74. The van der Waals surface area contributed by atoms with Crippen LogP contribution in [0.25, 0.3) is 0 Å². The first-order valence-corrected chi connectivity index (χ1v) is 14.8. The lowest BCUT2D eigenvalue weighted by Gasteiger charge is -2.29. The Morgan fingerprint density at radius 3 is 2.42 bits per heavy atom. The summed E-state index contributed by atoms with van der Waals surface area (Å²) >= 11 is 7.01. The summed E-state index contributed by atoms with van der Waals surface area (Å²) in [5, 5.41) is 4.35. The zero-order valence-corrected chi connectivity index (χ0v) is 23.3. The van der Waals surface area contributed by atoms with Crippen molar-refractivity contribution in [2.24, 2.45) is 5.92 Å². The van der Waals surface area contributed by atoms with Gasteiger partial charge >= 0.3 is 4.87 Å². The molecule has 2 aliphatic rings. The van der Waals surface area contributed by atoms with Crippen molar-refractivity contribution in [1.29, 1.82) is 0 Å². The van der Waals surface area contributed by atoms with E-state index in [2.05, 4.69) is 21.2 Å². The maximum atomic E-state index is 13.8. The number of carbonyl (C=O) groups is 3. The van der Waals surface area contributed by atoms with Crippen LogP contribution in [-0.4, -0.2) is 27.5 Å².